The second-order valence-electron chi connectivity index (χ2n) is 5.50. The zero-order chi connectivity index (χ0) is 12.4. The van der Waals surface area contributed by atoms with Gasteiger partial charge in [0.15, 0.2) is 9.84 Å². The standard InChI is InChI=1S/C11H23NO2S2/c1-10(2,3)16(13,14)8-7-12-9-11(15-4)5-6-11/h12H,5-9H2,1-4H3. The third-order valence-electron chi connectivity index (χ3n) is 3.17. The van der Waals surface area contributed by atoms with E-state index in [9.17, 15) is 8.42 Å². The number of sulfone groups is 1. The lowest BCUT2D eigenvalue weighted by molar-refractivity contribution is 0.555. The van der Waals surface area contributed by atoms with Gasteiger partial charge in [-0.15, -0.1) is 0 Å². The van der Waals surface area contributed by atoms with Gasteiger partial charge in [-0.25, -0.2) is 8.42 Å². The van der Waals surface area contributed by atoms with E-state index >= 15 is 0 Å². The van der Waals surface area contributed by atoms with Gasteiger partial charge in [0, 0.05) is 17.8 Å². The third-order valence-corrected chi connectivity index (χ3v) is 7.19. The highest BCUT2D eigenvalue weighted by Crippen LogP contribution is 2.46. The predicted molar refractivity (Wildman–Crippen MR) is 71.9 cm³/mol. The van der Waals surface area contributed by atoms with E-state index in [0.29, 0.717) is 11.3 Å². The highest BCUT2D eigenvalue weighted by molar-refractivity contribution is 8.00. The molecule has 16 heavy (non-hydrogen) atoms. The minimum Gasteiger partial charge on any atom is -0.314 e. The molecule has 0 aromatic heterocycles. The summed E-state index contributed by atoms with van der Waals surface area (Å²) in [5.74, 6) is 0.237. The molecular formula is C11H23NO2S2. The van der Waals surface area contributed by atoms with Gasteiger partial charge in [-0.1, -0.05) is 0 Å². The molecule has 0 aliphatic heterocycles. The number of hydrogen-bond acceptors (Lipinski definition) is 4. The molecule has 3 nitrogen and oxygen atoms in total. The Morgan fingerprint density at radius 1 is 1.31 bits per heavy atom. The summed E-state index contributed by atoms with van der Waals surface area (Å²) in [6.45, 7) is 6.78. The van der Waals surface area contributed by atoms with Gasteiger partial charge in [0.25, 0.3) is 0 Å². The number of hydrogen-bond donors (Lipinski definition) is 1. The molecule has 0 radical (unpaired) electrons. The molecule has 0 aromatic rings. The first-order valence-corrected chi connectivity index (χ1v) is 8.58. The van der Waals surface area contributed by atoms with Crippen molar-refractivity contribution in [2.24, 2.45) is 0 Å². The Labute approximate surface area is 104 Å². The van der Waals surface area contributed by atoms with Crippen molar-refractivity contribution in [3.63, 3.8) is 0 Å². The van der Waals surface area contributed by atoms with Crippen LogP contribution in [0.15, 0.2) is 0 Å². The van der Waals surface area contributed by atoms with Gasteiger partial charge in [-0.3, -0.25) is 0 Å². The molecular weight excluding hydrogens is 242 g/mol. The second-order valence-corrected chi connectivity index (χ2v) is 9.63. The van der Waals surface area contributed by atoms with Crippen molar-refractivity contribution in [2.75, 3.05) is 25.1 Å². The van der Waals surface area contributed by atoms with Crippen molar-refractivity contribution in [1.82, 2.24) is 5.32 Å². The first-order valence-electron chi connectivity index (χ1n) is 5.71. The van der Waals surface area contributed by atoms with Gasteiger partial charge in [0.05, 0.1) is 10.5 Å². The molecule has 1 saturated carbocycles. The quantitative estimate of drug-likeness (QED) is 0.742. The summed E-state index contributed by atoms with van der Waals surface area (Å²) in [7, 11) is -2.97. The molecule has 0 atom stereocenters. The maximum atomic E-state index is 11.8. The van der Waals surface area contributed by atoms with Crippen LogP contribution in [-0.4, -0.2) is 43.0 Å². The van der Waals surface area contributed by atoms with Gasteiger partial charge in [0.2, 0.25) is 0 Å². The van der Waals surface area contributed by atoms with E-state index in [0.717, 1.165) is 6.54 Å². The molecule has 96 valence electrons. The van der Waals surface area contributed by atoms with E-state index in [1.54, 1.807) is 20.8 Å². The van der Waals surface area contributed by atoms with Crippen LogP contribution in [0.1, 0.15) is 33.6 Å². The Morgan fingerprint density at radius 2 is 1.88 bits per heavy atom. The lowest BCUT2D eigenvalue weighted by atomic mass is 10.3. The molecule has 0 spiro atoms. The zero-order valence-electron chi connectivity index (χ0n) is 10.7. The second kappa shape index (κ2) is 4.86. The third kappa shape index (κ3) is 3.64. The van der Waals surface area contributed by atoms with Crippen molar-refractivity contribution in [2.45, 2.75) is 43.1 Å². The van der Waals surface area contributed by atoms with Crippen LogP contribution >= 0.6 is 11.8 Å². The van der Waals surface area contributed by atoms with Crippen molar-refractivity contribution in [1.29, 1.82) is 0 Å². The van der Waals surface area contributed by atoms with Gasteiger partial charge in [-0.05, 0) is 39.9 Å². The summed E-state index contributed by atoms with van der Waals surface area (Å²) in [6, 6.07) is 0. The molecule has 0 aromatic carbocycles. The minimum absolute atomic E-state index is 0.237. The topological polar surface area (TPSA) is 46.2 Å². The van der Waals surface area contributed by atoms with Crippen molar-refractivity contribution < 1.29 is 8.42 Å². The van der Waals surface area contributed by atoms with Crippen molar-refractivity contribution in [3.8, 4) is 0 Å². The first kappa shape index (κ1) is 14.3. The summed E-state index contributed by atoms with van der Waals surface area (Å²) >= 11 is 1.89. The molecule has 1 aliphatic carbocycles. The largest absolute Gasteiger partial charge is 0.314 e. The average molecular weight is 265 g/mol. The fraction of sp³-hybridized carbons (Fsp3) is 1.00. The molecule has 0 amide bonds. The average Bonchev–Trinajstić information content (AvgIpc) is 2.91. The SMILES string of the molecule is CSC1(CNCCS(=O)(=O)C(C)(C)C)CC1. The van der Waals surface area contributed by atoms with Crippen LogP contribution in [0.3, 0.4) is 0 Å². The Kier molecular flexibility index (Phi) is 4.35. The molecule has 0 unspecified atom stereocenters. The van der Waals surface area contributed by atoms with Gasteiger partial charge >= 0.3 is 0 Å². The highest BCUT2D eigenvalue weighted by atomic mass is 32.2. The fourth-order valence-corrected chi connectivity index (χ4v) is 3.20. The van der Waals surface area contributed by atoms with E-state index in [1.807, 2.05) is 11.8 Å². The smallest absolute Gasteiger partial charge is 0.156 e. The fourth-order valence-electron chi connectivity index (χ4n) is 1.42. The Balaban J connectivity index is 2.26. The van der Waals surface area contributed by atoms with E-state index in [4.69, 9.17) is 0 Å². The molecule has 0 heterocycles. The van der Waals surface area contributed by atoms with Crippen LogP contribution in [0.25, 0.3) is 0 Å². The molecule has 1 N–H and O–H groups in total. The van der Waals surface area contributed by atoms with Crippen LogP contribution < -0.4 is 5.32 Å². The summed E-state index contributed by atoms with van der Waals surface area (Å²) in [4.78, 5) is 0. The molecule has 5 heteroatoms. The lowest BCUT2D eigenvalue weighted by Crippen LogP contribution is -2.36. The predicted octanol–water partition coefficient (Wildman–Crippen LogP) is 1.68. The maximum Gasteiger partial charge on any atom is 0.156 e. The van der Waals surface area contributed by atoms with Gasteiger partial charge in [0.1, 0.15) is 0 Å². The van der Waals surface area contributed by atoms with E-state index < -0.39 is 14.6 Å². The van der Waals surface area contributed by atoms with E-state index in [-0.39, 0.29) is 5.75 Å². The molecule has 1 aliphatic rings. The van der Waals surface area contributed by atoms with E-state index in [2.05, 4.69) is 11.6 Å². The maximum absolute atomic E-state index is 11.8. The van der Waals surface area contributed by atoms with Gasteiger partial charge < -0.3 is 5.32 Å². The summed E-state index contributed by atoms with van der Waals surface area (Å²) in [6.07, 6.45) is 4.64. The van der Waals surface area contributed by atoms with E-state index in [1.165, 1.54) is 12.8 Å². The van der Waals surface area contributed by atoms with Crippen LogP contribution in [-0.2, 0) is 9.84 Å². The molecule has 1 rings (SSSR count). The monoisotopic (exact) mass is 265 g/mol. The first-order chi connectivity index (χ1) is 7.22. The number of nitrogens with one attached hydrogen (secondary N) is 1. The molecule has 0 bridgehead atoms. The zero-order valence-corrected chi connectivity index (χ0v) is 12.3. The van der Waals surface area contributed by atoms with Crippen LogP contribution in [0.4, 0.5) is 0 Å². The summed E-state index contributed by atoms with van der Waals surface area (Å²) in [5.41, 5.74) is 0. The normalized spacial score (nSPS) is 19.8. The van der Waals surface area contributed by atoms with Crippen LogP contribution in [0, 0.1) is 0 Å². The molecule has 0 saturated heterocycles. The number of thioether (sulfide) groups is 1. The minimum atomic E-state index is -2.97. The Hall–Kier alpha value is 0.260. The lowest BCUT2D eigenvalue weighted by Gasteiger charge is -2.20. The van der Waals surface area contributed by atoms with Crippen molar-refractivity contribution in [3.05, 3.63) is 0 Å². The molecule has 1 fully saturated rings. The Morgan fingerprint density at radius 3 is 2.25 bits per heavy atom. The van der Waals surface area contributed by atoms with Crippen LogP contribution in [0.2, 0.25) is 0 Å². The summed E-state index contributed by atoms with van der Waals surface area (Å²) < 4.78 is 23.4. The van der Waals surface area contributed by atoms with Crippen molar-refractivity contribution >= 4 is 21.6 Å². The van der Waals surface area contributed by atoms with Crippen LogP contribution in [0.5, 0.6) is 0 Å². The highest BCUT2D eigenvalue weighted by Gasteiger charge is 2.41. The summed E-state index contributed by atoms with van der Waals surface area (Å²) in [5, 5.41) is 3.27. The Bertz CT molecular complexity index is 326. The number of rotatable bonds is 6. The van der Waals surface area contributed by atoms with Gasteiger partial charge in [-0.2, -0.15) is 11.8 Å².